The third-order valence-electron chi connectivity index (χ3n) is 3.73. The molecule has 1 saturated heterocycles. The van der Waals surface area contributed by atoms with Crippen LogP contribution in [0.5, 0.6) is 0 Å². The lowest BCUT2D eigenvalue weighted by Gasteiger charge is -2.42. The van der Waals surface area contributed by atoms with E-state index in [0.717, 1.165) is 50.9 Å². The van der Waals surface area contributed by atoms with Gasteiger partial charge in [0.05, 0.1) is 0 Å². The summed E-state index contributed by atoms with van der Waals surface area (Å²) in [4.78, 5) is 13.7. The lowest BCUT2D eigenvalue weighted by molar-refractivity contribution is 0.128. The molecule has 0 atom stereocenters. The van der Waals surface area contributed by atoms with Crippen molar-refractivity contribution in [1.82, 2.24) is 14.9 Å². The van der Waals surface area contributed by atoms with Crippen molar-refractivity contribution in [2.75, 3.05) is 42.9 Å². The van der Waals surface area contributed by atoms with Crippen molar-refractivity contribution in [2.24, 2.45) is 0 Å². The van der Waals surface area contributed by atoms with Crippen LogP contribution in [0.25, 0.3) is 0 Å². The molecular weight excluding hydrogens is 250 g/mol. The predicted molar refractivity (Wildman–Crippen MR) is 84.4 cm³/mol. The van der Waals surface area contributed by atoms with E-state index in [9.17, 15) is 0 Å². The zero-order chi connectivity index (χ0) is 14.6. The molecule has 112 valence electrons. The highest BCUT2D eigenvalue weighted by Crippen LogP contribution is 2.19. The summed E-state index contributed by atoms with van der Waals surface area (Å²) in [6, 6.07) is 2.00. The molecule has 0 saturated carbocycles. The second-order valence-electron chi connectivity index (χ2n) is 6.31. The molecule has 0 amide bonds. The van der Waals surface area contributed by atoms with E-state index >= 15 is 0 Å². The SMILES string of the molecule is CCCNc1nccc(N2CCN(C(C)(C)C)CC2)n1. The molecule has 1 aromatic rings. The molecule has 0 radical (unpaired) electrons. The number of hydrogen-bond acceptors (Lipinski definition) is 5. The Morgan fingerprint density at radius 2 is 1.90 bits per heavy atom. The van der Waals surface area contributed by atoms with Crippen LogP contribution in [-0.4, -0.2) is 53.1 Å². The van der Waals surface area contributed by atoms with Gasteiger partial charge >= 0.3 is 0 Å². The number of aromatic nitrogens is 2. The van der Waals surface area contributed by atoms with Crippen LogP contribution in [0.4, 0.5) is 11.8 Å². The molecule has 1 aliphatic heterocycles. The Balaban J connectivity index is 1.96. The molecule has 20 heavy (non-hydrogen) atoms. The predicted octanol–water partition coefficient (Wildman–Crippen LogP) is 2.22. The largest absolute Gasteiger partial charge is 0.354 e. The van der Waals surface area contributed by atoms with Crippen LogP contribution < -0.4 is 10.2 Å². The first kappa shape index (κ1) is 15.0. The first-order chi connectivity index (χ1) is 9.50. The zero-order valence-corrected chi connectivity index (χ0v) is 13.2. The highest BCUT2D eigenvalue weighted by molar-refractivity contribution is 5.43. The fraction of sp³-hybridized carbons (Fsp3) is 0.733. The quantitative estimate of drug-likeness (QED) is 0.914. The summed E-state index contributed by atoms with van der Waals surface area (Å²) in [5.74, 6) is 1.77. The highest BCUT2D eigenvalue weighted by Gasteiger charge is 2.26. The minimum absolute atomic E-state index is 0.256. The Morgan fingerprint density at radius 1 is 1.20 bits per heavy atom. The van der Waals surface area contributed by atoms with Gasteiger partial charge in [-0.05, 0) is 33.3 Å². The van der Waals surface area contributed by atoms with E-state index in [-0.39, 0.29) is 5.54 Å². The van der Waals surface area contributed by atoms with Crippen molar-refractivity contribution in [2.45, 2.75) is 39.7 Å². The number of anilines is 2. The Hall–Kier alpha value is -1.36. The third kappa shape index (κ3) is 3.82. The van der Waals surface area contributed by atoms with Gasteiger partial charge in [0.15, 0.2) is 0 Å². The van der Waals surface area contributed by atoms with Gasteiger partial charge in [-0.1, -0.05) is 6.92 Å². The molecule has 1 aromatic heterocycles. The fourth-order valence-electron chi connectivity index (χ4n) is 2.45. The molecule has 0 aliphatic carbocycles. The maximum Gasteiger partial charge on any atom is 0.224 e. The van der Waals surface area contributed by atoms with Gasteiger partial charge in [-0.15, -0.1) is 0 Å². The molecule has 0 unspecified atom stereocenters. The Bertz CT molecular complexity index is 419. The van der Waals surface area contributed by atoms with E-state index in [2.05, 4.69) is 52.8 Å². The van der Waals surface area contributed by atoms with Crippen LogP contribution >= 0.6 is 0 Å². The first-order valence-corrected chi connectivity index (χ1v) is 7.57. The Morgan fingerprint density at radius 3 is 2.50 bits per heavy atom. The van der Waals surface area contributed by atoms with E-state index in [4.69, 9.17) is 0 Å². The van der Waals surface area contributed by atoms with Crippen molar-refractivity contribution in [1.29, 1.82) is 0 Å². The number of hydrogen-bond donors (Lipinski definition) is 1. The molecule has 5 nitrogen and oxygen atoms in total. The monoisotopic (exact) mass is 277 g/mol. The molecule has 0 aromatic carbocycles. The average molecular weight is 277 g/mol. The first-order valence-electron chi connectivity index (χ1n) is 7.57. The van der Waals surface area contributed by atoms with Gasteiger partial charge in [0, 0.05) is 44.5 Å². The van der Waals surface area contributed by atoms with Crippen LogP contribution in [0.15, 0.2) is 12.3 Å². The van der Waals surface area contributed by atoms with Crippen molar-refractivity contribution >= 4 is 11.8 Å². The van der Waals surface area contributed by atoms with Crippen LogP contribution in [0.1, 0.15) is 34.1 Å². The highest BCUT2D eigenvalue weighted by atomic mass is 15.3. The molecule has 2 heterocycles. The minimum Gasteiger partial charge on any atom is -0.354 e. The van der Waals surface area contributed by atoms with E-state index in [1.807, 2.05) is 12.3 Å². The van der Waals surface area contributed by atoms with Crippen LogP contribution in [0.2, 0.25) is 0 Å². The molecule has 0 bridgehead atoms. The number of rotatable bonds is 4. The maximum atomic E-state index is 4.61. The number of piperazine rings is 1. The van der Waals surface area contributed by atoms with Crippen molar-refractivity contribution in [3.8, 4) is 0 Å². The van der Waals surface area contributed by atoms with Gasteiger partial charge in [0.2, 0.25) is 5.95 Å². The van der Waals surface area contributed by atoms with Crippen molar-refractivity contribution in [3.05, 3.63) is 12.3 Å². The van der Waals surface area contributed by atoms with E-state index < -0.39 is 0 Å². The van der Waals surface area contributed by atoms with Gasteiger partial charge in [-0.2, -0.15) is 4.98 Å². The van der Waals surface area contributed by atoms with Gasteiger partial charge in [-0.3, -0.25) is 4.90 Å². The third-order valence-corrected chi connectivity index (χ3v) is 3.73. The second kappa shape index (κ2) is 6.39. The Labute approximate surface area is 122 Å². The fourth-order valence-corrected chi connectivity index (χ4v) is 2.45. The standard InChI is InChI=1S/C15H27N5/c1-5-7-16-14-17-8-6-13(18-14)19-9-11-20(12-10-19)15(2,3)4/h6,8H,5,7,9-12H2,1-4H3,(H,16,17,18). The number of nitrogens with one attached hydrogen (secondary N) is 1. The zero-order valence-electron chi connectivity index (χ0n) is 13.2. The van der Waals surface area contributed by atoms with E-state index in [0.29, 0.717) is 0 Å². The second-order valence-corrected chi connectivity index (χ2v) is 6.31. The molecule has 2 rings (SSSR count). The van der Waals surface area contributed by atoms with Gasteiger partial charge in [-0.25, -0.2) is 4.98 Å². The smallest absolute Gasteiger partial charge is 0.224 e. The lowest BCUT2D eigenvalue weighted by Crippen LogP contribution is -2.53. The van der Waals surface area contributed by atoms with Crippen LogP contribution in [0.3, 0.4) is 0 Å². The van der Waals surface area contributed by atoms with Crippen LogP contribution in [-0.2, 0) is 0 Å². The topological polar surface area (TPSA) is 44.3 Å². The van der Waals surface area contributed by atoms with Gasteiger partial charge < -0.3 is 10.2 Å². The Kier molecular flexibility index (Phi) is 4.81. The summed E-state index contributed by atoms with van der Waals surface area (Å²) in [6.45, 7) is 14.1. The summed E-state index contributed by atoms with van der Waals surface area (Å²) >= 11 is 0. The van der Waals surface area contributed by atoms with Gasteiger partial charge in [0.1, 0.15) is 5.82 Å². The van der Waals surface area contributed by atoms with E-state index in [1.165, 1.54) is 0 Å². The summed E-state index contributed by atoms with van der Waals surface area (Å²) in [6.07, 6.45) is 2.92. The number of nitrogens with zero attached hydrogens (tertiary/aromatic N) is 4. The van der Waals surface area contributed by atoms with Crippen molar-refractivity contribution in [3.63, 3.8) is 0 Å². The lowest BCUT2D eigenvalue weighted by atomic mass is 10.1. The van der Waals surface area contributed by atoms with Gasteiger partial charge in [0.25, 0.3) is 0 Å². The summed E-state index contributed by atoms with van der Waals surface area (Å²) in [5, 5.41) is 3.25. The molecule has 5 heteroatoms. The average Bonchev–Trinajstić information content (AvgIpc) is 2.45. The summed E-state index contributed by atoms with van der Waals surface area (Å²) < 4.78 is 0. The normalized spacial score (nSPS) is 17.3. The molecule has 1 fully saturated rings. The molecular formula is C15H27N5. The molecule has 1 N–H and O–H groups in total. The maximum absolute atomic E-state index is 4.61. The summed E-state index contributed by atoms with van der Waals surface area (Å²) in [7, 11) is 0. The van der Waals surface area contributed by atoms with E-state index in [1.54, 1.807) is 0 Å². The van der Waals surface area contributed by atoms with Crippen molar-refractivity contribution < 1.29 is 0 Å². The molecule has 0 spiro atoms. The minimum atomic E-state index is 0.256. The summed E-state index contributed by atoms with van der Waals surface area (Å²) in [5.41, 5.74) is 0.256. The van der Waals surface area contributed by atoms with Crippen LogP contribution in [0, 0.1) is 0 Å². The molecule has 1 aliphatic rings.